The number of allylic oxidation sites excluding steroid dienone is 12. The lowest BCUT2D eigenvalue weighted by Crippen LogP contribution is -2.38. The summed E-state index contributed by atoms with van der Waals surface area (Å²) in [6.07, 6.45) is 35.8. The van der Waals surface area contributed by atoms with Gasteiger partial charge in [-0.1, -0.05) is 106 Å². The largest absolute Gasteiger partial charge is 0.493 e. The van der Waals surface area contributed by atoms with Gasteiger partial charge in [0, 0.05) is 31.5 Å². The molecule has 0 bridgehead atoms. The van der Waals surface area contributed by atoms with Crippen molar-refractivity contribution in [2.75, 3.05) is 32.8 Å². The topological polar surface area (TPSA) is 79.5 Å². The first-order chi connectivity index (χ1) is 23.3. The van der Waals surface area contributed by atoms with Crippen LogP contribution in [0.2, 0.25) is 0 Å². The number of nitrogens with one attached hydrogen (secondary N) is 3. The Balaban J connectivity index is 1.97. The van der Waals surface area contributed by atoms with E-state index in [0.717, 1.165) is 82.1 Å². The highest BCUT2D eigenvalue weighted by Gasteiger charge is 2.26. The van der Waals surface area contributed by atoms with Crippen LogP contribution in [0.5, 0.6) is 5.75 Å². The highest BCUT2D eigenvalue weighted by Crippen LogP contribution is 2.24. The molecule has 0 atom stereocenters. The molecule has 0 aromatic heterocycles. The Labute approximate surface area is 293 Å². The van der Waals surface area contributed by atoms with E-state index in [2.05, 4.69) is 121 Å². The van der Waals surface area contributed by atoms with Gasteiger partial charge in [0.25, 0.3) is 0 Å². The van der Waals surface area contributed by atoms with Crippen LogP contribution >= 0.6 is 0 Å². The smallest absolute Gasteiger partial charge is 0.225 e. The molecule has 0 spiro atoms. The van der Waals surface area contributed by atoms with E-state index in [0.29, 0.717) is 32.7 Å². The third-order valence-electron chi connectivity index (χ3n) is 7.74. The van der Waals surface area contributed by atoms with Crippen molar-refractivity contribution in [3.63, 3.8) is 0 Å². The molecule has 6 heteroatoms. The van der Waals surface area contributed by atoms with Gasteiger partial charge >= 0.3 is 0 Å². The van der Waals surface area contributed by atoms with Crippen molar-refractivity contribution >= 4 is 11.8 Å². The molecular formula is C42H65N3O3. The second kappa shape index (κ2) is 28.4. The maximum Gasteiger partial charge on any atom is 0.225 e. The lowest BCUT2D eigenvalue weighted by molar-refractivity contribution is -0.129. The average Bonchev–Trinajstić information content (AvgIpc) is 3.06. The minimum absolute atomic E-state index is 0.0743. The summed E-state index contributed by atoms with van der Waals surface area (Å²) in [5.74, 6) is 1.07. The summed E-state index contributed by atoms with van der Waals surface area (Å²) in [4.78, 5) is 24.7. The normalized spacial score (nSPS) is 12.5. The molecular weight excluding hydrogens is 594 g/mol. The fourth-order valence-corrected chi connectivity index (χ4v) is 4.68. The summed E-state index contributed by atoms with van der Waals surface area (Å²) in [5, 5.41) is 9.36. The standard InChI is InChI=1S/C42H65N3O3/c1-6-7-8-9-10-11-12-13-14-15-16-17-18-19-20-21-22-23-24-27-40(46)44-34-33-43-31-26-32-45-41(47)42(4,5)30-25-35-48-39-36-37(2)28-29-38(39)3/h7-8,10-11,13-14,16-17,19-20,22-23,28-29,36,43H,6,9,12,15,18,21,24-27,30-35H2,1-5H3,(H,44,46)(H,45,47). The van der Waals surface area contributed by atoms with E-state index in [1.54, 1.807) is 0 Å². The van der Waals surface area contributed by atoms with Crippen molar-refractivity contribution in [3.8, 4) is 5.75 Å². The summed E-state index contributed by atoms with van der Waals surface area (Å²) < 4.78 is 5.94. The number of aryl methyl sites for hydroxylation is 2. The first kappa shape index (κ1) is 42.4. The Bertz CT molecular complexity index is 1190. The molecule has 266 valence electrons. The fourth-order valence-electron chi connectivity index (χ4n) is 4.68. The van der Waals surface area contributed by atoms with Crippen LogP contribution in [0.15, 0.2) is 91.1 Å². The maximum atomic E-state index is 12.7. The van der Waals surface area contributed by atoms with Gasteiger partial charge in [0.1, 0.15) is 5.75 Å². The molecule has 48 heavy (non-hydrogen) atoms. The van der Waals surface area contributed by atoms with E-state index in [1.165, 1.54) is 5.56 Å². The second-order valence-corrected chi connectivity index (χ2v) is 12.8. The number of hydrogen-bond donors (Lipinski definition) is 3. The van der Waals surface area contributed by atoms with Gasteiger partial charge in [-0.05, 0) is 102 Å². The molecule has 0 saturated carbocycles. The first-order valence-corrected chi connectivity index (χ1v) is 18.1. The molecule has 1 aromatic rings. The Morgan fingerprint density at radius 2 is 1.29 bits per heavy atom. The molecule has 0 heterocycles. The van der Waals surface area contributed by atoms with E-state index in [1.807, 2.05) is 20.8 Å². The Kier molecular flexibility index (Phi) is 25.1. The zero-order chi connectivity index (χ0) is 35.1. The van der Waals surface area contributed by atoms with Gasteiger partial charge in [0.2, 0.25) is 11.8 Å². The van der Waals surface area contributed by atoms with Gasteiger partial charge in [0.05, 0.1) is 6.61 Å². The van der Waals surface area contributed by atoms with Crippen LogP contribution in [0, 0.1) is 19.3 Å². The number of amides is 2. The number of carbonyl (C=O) groups is 2. The van der Waals surface area contributed by atoms with Crippen molar-refractivity contribution in [3.05, 3.63) is 102 Å². The summed E-state index contributed by atoms with van der Waals surface area (Å²) in [5.41, 5.74) is 1.88. The number of rotatable bonds is 27. The molecule has 1 rings (SSSR count). The number of ether oxygens (including phenoxy) is 1. The van der Waals surface area contributed by atoms with Gasteiger partial charge in [-0.2, -0.15) is 0 Å². The van der Waals surface area contributed by atoms with E-state index in [9.17, 15) is 9.59 Å². The minimum atomic E-state index is -0.437. The van der Waals surface area contributed by atoms with Crippen molar-refractivity contribution in [1.29, 1.82) is 0 Å². The monoisotopic (exact) mass is 660 g/mol. The highest BCUT2D eigenvalue weighted by molar-refractivity contribution is 5.81. The van der Waals surface area contributed by atoms with Crippen molar-refractivity contribution in [1.82, 2.24) is 16.0 Å². The van der Waals surface area contributed by atoms with Gasteiger partial charge in [-0.15, -0.1) is 0 Å². The van der Waals surface area contributed by atoms with Gasteiger partial charge in [-0.3, -0.25) is 9.59 Å². The Morgan fingerprint density at radius 1 is 0.708 bits per heavy atom. The molecule has 0 aliphatic heterocycles. The Hall–Kier alpha value is -3.64. The number of carbonyl (C=O) groups excluding carboxylic acids is 2. The molecule has 3 N–H and O–H groups in total. The SMILES string of the molecule is CCC=CCC=CCC=CCC=CCC=CCC=CCCC(=O)NCCNCCCNC(=O)C(C)(C)CCCOc1cc(C)ccc1C. The zero-order valence-corrected chi connectivity index (χ0v) is 30.7. The lowest BCUT2D eigenvalue weighted by Gasteiger charge is -2.23. The first-order valence-electron chi connectivity index (χ1n) is 18.1. The molecule has 0 unspecified atom stereocenters. The Morgan fingerprint density at radius 3 is 1.90 bits per heavy atom. The van der Waals surface area contributed by atoms with Crippen LogP contribution in [0.3, 0.4) is 0 Å². The van der Waals surface area contributed by atoms with Crippen LogP contribution in [0.1, 0.15) is 103 Å². The molecule has 0 aliphatic carbocycles. The predicted octanol–water partition coefficient (Wildman–Crippen LogP) is 9.18. The summed E-state index contributed by atoms with van der Waals surface area (Å²) in [6.45, 7) is 13.6. The summed E-state index contributed by atoms with van der Waals surface area (Å²) in [6, 6.07) is 6.22. The summed E-state index contributed by atoms with van der Waals surface area (Å²) >= 11 is 0. The molecule has 0 fully saturated rings. The van der Waals surface area contributed by atoms with Crippen molar-refractivity contribution in [2.24, 2.45) is 5.41 Å². The number of benzene rings is 1. The van der Waals surface area contributed by atoms with Crippen LogP contribution in [0.4, 0.5) is 0 Å². The van der Waals surface area contributed by atoms with E-state index in [4.69, 9.17) is 4.74 Å². The fraction of sp³-hybridized carbons (Fsp3) is 0.524. The quantitative estimate of drug-likeness (QED) is 0.0650. The molecule has 2 amide bonds. The van der Waals surface area contributed by atoms with E-state index < -0.39 is 5.41 Å². The molecule has 0 radical (unpaired) electrons. The molecule has 0 aliphatic rings. The molecule has 0 saturated heterocycles. The van der Waals surface area contributed by atoms with E-state index >= 15 is 0 Å². The van der Waals surface area contributed by atoms with E-state index in [-0.39, 0.29) is 11.8 Å². The molecule has 6 nitrogen and oxygen atoms in total. The van der Waals surface area contributed by atoms with Gasteiger partial charge in [0.15, 0.2) is 0 Å². The lowest BCUT2D eigenvalue weighted by atomic mass is 9.87. The van der Waals surface area contributed by atoms with Gasteiger partial charge < -0.3 is 20.7 Å². The predicted molar refractivity (Wildman–Crippen MR) is 205 cm³/mol. The zero-order valence-electron chi connectivity index (χ0n) is 30.7. The third-order valence-corrected chi connectivity index (χ3v) is 7.74. The van der Waals surface area contributed by atoms with Crippen LogP contribution in [-0.4, -0.2) is 44.6 Å². The second-order valence-electron chi connectivity index (χ2n) is 12.8. The van der Waals surface area contributed by atoms with Crippen LogP contribution in [0.25, 0.3) is 0 Å². The third kappa shape index (κ3) is 23.6. The minimum Gasteiger partial charge on any atom is -0.493 e. The highest BCUT2D eigenvalue weighted by atomic mass is 16.5. The maximum absolute atomic E-state index is 12.7. The van der Waals surface area contributed by atoms with Crippen molar-refractivity contribution < 1.29 is 14.3 Å². The van der Waals surface area contributed by atoms with Crippen LogP contribution in [-0.2, 0) is 9.59 Å². The summed E-state index contributed by atoms with van der Waals surface area (Å²) in [7, 11) is 0. The molecule has 1 aromatic carbocycles. The number of hydrogen-bond acceptors (Lipinski definition) is 4. The van der Waals surface area contributed by atoms with Gasteiger partial charge in [-0.25, -0.2) is 0 Å². The van der Waals surface area contributed by atoms with Crippen LogP contribution < -0.4 is 20.7 Å². The van der Waals surface area contributed by atoms with Crippen molar-refractivity contribution in [2.45, 2.75) is 105 Å². The average molecular weight is 660 g/mol.